The number of likely N-dealkylation sites (N-methyl/N-ethyl adjacent to an activating group) is 1. The molecule has 1 spiro atoms. The van der Waals surface area contributed by atoms with Gasteiger partial charge in [-0.1, -0.05) is 0 Å². The van der Waals surface area contributed by atoms with Gasteiger partial charge in [0.15, 0.2) is 5.03 Å². The minimum atomic E-state index is -3.59. The van der Waals surface area contributed by atoms with Gasteiger partial charge < -0.3 is 9.47 Å². The minimum absolute atomic E-state index is 0.0804. The van der Waals surface area contributed by atoms with Crippen LogP contribution in [0, 0.1) is 0 Å². The molecule has 1 amide bonds. The van der Waals surface area contributed by atoms with Gasteiger partial charge in [0.2, 0.25) is 5.91 Å². The topological polar surface area (TPSA) is 75.5 Å². The highest BCUT2D eigenvalue weighted by Gasteiger charge is 2.46. The van der Waals surface area contributed by atoms with E-state index < -0.39 is 10.0 Å². The predicted molar refractivity (Wildman–Crippen MR) is 80.6 cm³/mol. The molecule has 0 aliphatic carbocycles. The van der Waals surface area contributed by atoms with Gasteiger partial charge in [-0.3, -0.25) is 4.79 Å². The van der Waals surface area contributed by atoms with Gasteiger partial charge in [-0.05, 0) is 25.7 Å². The van der Waals surface area contributed by atoms with Crippen molar-refractivity contribution in [1.82, 2.24) is 18.8 Å². The lowest BCUT2D eigenvalue weighted by Crippen LogP contribution is -2.61. The van der Waals surface area contributed by atoms with E-state index >= 15 is 0 Å². The van der Waals surface area contributed by atoms with Crippen molar-refractivity contribution < 1.29 is 13.2 Å². The fraction of sp³-hybridized carbons (Fsp3) is 0.714. The van der Waals surface area contributed by atoms with E-state index in [0.717, 1.165) is 25.7 Å². The number of aromatic nitrogens is 2. The Kier molecular flexibility index (Phi) is 3.76. The van der Waals surface area contributed by atoms with Gasteiger partial charge in [0.25, 0.3) is 10.0 Å². The van der Waals surface area contributed by atoms with Crippen molar-refractivity contribution in [2.24, 2.45) is 7.05 Å². The van der Waals surface area contributed by atoms with Gasteiger partial charge >= 0.3 is 0 Å². The Bertz CT molecular complexity index is 680. The normalized spacial score (nSPS) is 27.5. The molecule has 8 heteroatoms. The molecule has 0 N–H and O–H groups in total. The van der Waals surface area contributed by atoms with Crippen LogP contribution in [0.25, 0.3) is 0 Å². The Labute approximate surface area is 131 Å². The largest absolute Gasteiger partial charge is 0.339 e. The number of likely N-dealkylation sites (tertiary alicyclic amines) is 1. The Morgan fingerprint density at radius 3 is 2.64 bits per heavy atom. The van der Waals surface area contributed by atoms with Crippen LogP contribution in [0.15, 0.2) is 17.6 Å². The zero-order chi connectivity index (χ0) is 16.0. The lowest BCUT2D eigenvalue weighted by molar-refractivity contribution is -0.141. The van der Waals surface area contributed by atoms with Crippen molar-refractivity contribution in [2.75, 3.05) is 20.1 Å². The van der Waals surface area contributed by atoms with Crippen LogP contribution in [-0.4, -0.2) is 58.8 Å². The van der Waals surface area contributed by atoms with Gasteiger partial charge in [-0.15, -0.1) is 0 Å². The molecule has 22 heavy (non-hydrogen) atoms. The third-order valence-corrected chi connectivity index (χ3v) is 6.66. The molecule has 2 aliphatic rings. The number of rotatable bonds is 2. The number of carbonyl (C=O) groups excluding carboxylic acids is 1. The third kappa shape index (κ3) is 2.44. The number of hydrogen-bond acceptors (Lipinski definition) is 4. The van der Waals surface area contributed by atoms with Gasteiger partial charge in [-0.25, -0.2) is 13.4 Å². The zero-order valence-electron chi connectivity index (χ0n) is 13.0. The lowest BCUT2D eigenvalue weighted by Gasteiger charge is -2.50. The molecule has 2 aliphatic heterocycles. The van der Waals surface area contributed by atoms with Crippen LogP contribution in [0.3, 0.4) is 0 Å². The van der Waals surface area contributed by atoms with Crippen molar-refractivity contribution in [3.05, 3.63) is 12.5 Å². The molecule has 1 aromatic rings. The van der Waals surface area contributed by atoms with E-state index in [4.69, 9.17) is 0 Å². The molecule has 0 aromatic carbocycles. The number of sulfonamides is 1. The summed E-state index contributed by atoms with van der Waals surface area (Å²) in [5.74, 6) is 0.114. The molecule has 0 bridgehead atoms. The van der Waals surface area contributed by atoms with E-state index in [1.54, 1.807) is 23.6 Å². The zero-order valence-corrected chi connectivity index (χ0v) is 13.8. The Morgan fingerprint density at radius 2 is 1.95 bits per heavy atom. The summed E-state index contributed by atoms with van der Waals surface area (Å²) in [5, 5.41) is 0.0804. The second-order valence-corrected chi connectivity index (χ2v) is 8.23. The summed E-state index contributed by atoms with van der Waals surface area (Å²) >= 11 is 0. The average molecular weight is 326 g/mol. The Balaban J connectivity index is 1.88. The van der Waals surface area contributed by atoms with E-state index in [1.165, 1.54) is 16.8 Å². The number of imidazole rings is 1. The average Bonchev–Trinajstić information content (AvgIpc) is 2.92. The molecule has 2 fully saturated rings. The number of hydrogen-bond donors (Lipinski definition) is 0. The third-order valence-electron chi connectivity index (χ3n) is 4.92. The quantitative estimate of drug-likeness (QED) is 0.797. The molecule has 0 unspecified atom stereocenters. The van der Waals surface area contributed by atoms with E-state index in [2.05, 4.69) is 4.98 Å². The van der Waals surface area contributed by atoms with Gasteiger partial charge in [0, 0.05) is 39.8 Å². The minimum Gasteiger partial charge on any atom is -0.339 e. The first-order valence-corrected chi connectivity index (χ1v) is 9.04. The number of carbonyl (C=O) groups is 1. The van der Waals surface area contributed by atoms with Crippen LogP contribution < -0.4 is 0 Å². The maximum atomic E-state index is 12.8. The molecule has 3 heterocycles. The second-order valence-electron chi connectivity index (χ2n) is 6.35. The van der Waals surface area contributed by atoms with Crippen molar-refractivity contribution in [3.8, 4) is 0 Å². The standard InChI is InChI=1S/C14H22N4O3S/c1-16-9-12(15-11-16)22(20,21)18-8-4-7-14(10-18)6-3-5-13(19)17(14)2/h9,11H,3-8,10H2,1-2H3/t14-/m0/s1. The van der Waals surface area contributed by atoms with Gasteiger partial charge in [-0.2, -0.15) is 4.31 Å². The molecule has 7 nitrogen and oxygen atoms in total. The first-order valence-electron chi connectivity index (χ1n) is 7.60. The Hall–Kier alpha value is -1.41. The fourth-order valence-corrected chi connectivity index (χ4v) is 5.10. The molecular formula is C14H22N4O3S. The van der Waals surface area contributed by atoms with Crippen LogP contribution in [0.5, 0.6) is 0 Å². The smallest absolute Gasteiger partial charge is 0.262 e. The van der Waals surface area contributed by atoms with E-state index in [0.29, 0.717) is 19.5 Å². The van der Waals surface area contributed by atoms with Crippen LogP contribution in [0.1, 0.15) is 32.1 Å². The van der Waals surface area contributed by atoms with E-state index in [9.17, 15) is 13.2 Å². The highest BCUT2D eigenvalue weighted by molar-refractivity contribution is 7.89. The van der Waals surface area contributed by atoms with Crippen molar-refractivity contribution in [2.45, 2.75) is 42.7 Å². The summed E-state index contributed by atoms with van der Waals surface area (Å²) in [7, 11) is -0.0428. The van der Waals surface area contributed by atoms with E-state index in [-0.39, 0.29) is 16.5 Å². The molecule has 2 saturated heterocycles. The number of amides is 1. The number of nitrogens with zero attached hydrogens (tertiary/aromatic N) is 4. The summed E-state index contributed by atoms with van der Waals surface area (Å²) in [5.41, 5.74) is -0.352. The summed E-state index contributed by atoms with van der Waals surface area (Å²) in [6, 6.07) is 0. The molecule has 122 valence electrons. The molecule has 0 saturated carbocycles. The summed E-state index contributed by atoms with van der Waals surface area (Å²) < 4.78 is 28.6. The summed E-state index contributed by atoms with van der Waals surface area (Å²) in [6.45, 7) is 0.858. The molecular weight excluding hydrogens is 304 g/mol. The SMILES string of the molecule is CN1C(=O)CCC[C@@]12CCCN(S(=O)(=O)c1cn(C)cn1)C2. The van der Waals surface area contributed by atoms with Crippen LogP contribution in [0.2, 0.25) is 0 Å². The summed E-state index contributed by atoms with van der Waals surface area (Å²) in [6.07, 6.45) is 6.90. The molecule has 1 aromatic heterocycles. The summed E-state index contributed by atoms with van der Waals surface area (Å²) in [4.78, 5) is 17.8. The molecule has 0 radical (unpaired) electrons. The molecule has 1 atom stereocenters. The highest BCUT2D eigenvalue weighted by Crippen LogP contribution is 2.37. The van der Waals surface area contributed by atoms with Gasteiger partial charge in [0.1, 0.15) is 0 Å². The first-order chi connectivity index (χ1) is 10.3. The van der Waals surface area contributed by atoms with Gasteiger partial charge in [0.05, 0.1) is 11.9 Å². The maximum absolute atomic E-state index is 12.8. The maximum Gasteiger partial charge on any atom is 0.262 e. The number of piperidine rings is 2. The number of aryl methyl sites for hydroxylation is 1. The van der Waals surface area contributed by atoms with Crippen molar-refractivity contribution >= 4 is 15.9 Å². The van der Waals surface area contributed by atoms with Crippen molar-refractivity contribution in [3.63, 3.8) is 0 Å². The highest BCUT2D eigenvalue weighted by atomic mass is 32.2. The first kappa shape index (κ1) is 15.5. The molecule has 3 rings (SSSR count). The monoisotopic (exact) mass is 326 g/mol. The van der Waals surface area contributed by atoms with Crippen LogP contribution in [0.4, 0.5) is 0 Å². The van der Waals surface area contributed by atoms with Crippen LogP contribution in [-0.2, 0) is 21.9 Å². The Morgan fingerprint density at radius 1 is 1.23 bits per heavy atom. The van der Waals surface area contributed by atoms with E-state index in [1.807, 2.05) is 0 Å². The van der Waals surface area contributed by atoms with Crippen molar-refractivity contribution in [1.29, 1.82) is 0 Å². The fourth-order valence-electron chi connectivity index (χ4n) is 3.58. The second kappa shape index (κ2) is 5.34. The van der Waals surface area contributed by atoms with Crippen LogP contribution >= 0.6 is 0 Å². The predicted octanol–water partition coefficient (Wildman–Crippen LogP) is 0.586. The lowest BCUT2D eigenvalue weighted by atomic mass is 9.81.